The summed E-state index contributed by atoms with van der Waals surface area (Å²) in [7, 11) is -3.52. The fraction of sp³-hybridized carbons (Fsp3) is 0.261. The van der Waals surface area contributed by atoms with Gasteiger partial charge in [-0.15, -0.1) is 0 Å². The Bertz CT molecular complexity index is 1440. The molecule has 170 valence electrons. The lowest BCUT2D eigenvalue weighted by molar-refractivity contribution is 0.0986. The molecule has 4 aromatic rings. The normalized spacial score (nSPS) is 16.9. The minimum Gasteiger partial charge on any atom is -0.377 e. The van der Waals surface area contributed by atoms with Crippen LogP contribution in [0.1, 0.15) is 6.92 Å². The summed E-state index contributed by atoms with van der Waals surface area (Å²) < 4.78 is 45.0. The Labute approximate surface area is 190 Å². The molecule has 3 aromatic heterocycles. The van der Waals surface area contributed by atoms with Gasteiger partial charge in [-0.25, -0.2) is 17.8 Å². The minimum absolute atomic E-state index is 0.0491. The Hall–Kier alpha value is -3.37. The Morgan fingerprint density at radius 3 is 2.73 bits per heavy atom. The molecule has 0 bridgehead atoms. The number of rotatable bonds is 4. The van der Waals surface area contributed by atoms with Gasteiger partial charge in [0.15, 0.2) is 9.84 Å². The largest absolute Gasteiger partial charge is 0.377 e. The maximum absolute atomic E-state index is 15.1. The molecule has 0 radical (unpaired) electrons. The third-order valence-electron chi connectivity index (χ3n) is 5.79. The van der Waals surface area contributed by atoms with Gasteiger partial charge < -0.3 is 9.64 Å². The summed E-state index contributed by atoms with van der Waals surface area (Å²) in [6.07, 6.45) is 4.36. The van der Waals surface area contributed by atoms with Gasteiger partial charge >= 0.3 is 0 Å². The van der Waals surface area contributed by atoms with Gasteiger partial charge in [0.1, 0.15) is 22.8 Å². The van der Waals surface area contributed by atoms with Gasteiger partial charge in [-0.3, -0.25) is 10.1 Å². The molecular weight excluding hydrogens is 445 g/mol. The Balaban J connectivity index is 1.82. The van der Waals surface area contributed by atoms with Crippen LogP contribution in [-0.4, -0.2) is 60.6 Å². The molecule has 1 aliphatic heterocycles. The maximum atomic E-state index is 15.1. The first-order valence-corrected chi connectivity index (χ1v) is 12.4. The summed E-state index contributed by atoms with van der Waals surface area (Å²) in [6, 6.07) is 9.27. The molecule has 1 saturated heterocycles. The lowest BCUT2D eigenvalue weighted by Gasteiger charge is -2.34. The summed E-state index contributed by atoms with van der Waals surface area (Å²) in [5, 5.41) is 7.59. The van der Waals surface area contributed by atoms with Gasteiger partial charge in [0.25, 0.3) is 0 Å². The van der Waals surface area contributed by atoms with Crippen LogP contribution in [0.15, 0.2) is 53.7 Å². The molecule has 5 rings (SSSR count). The Kier molecular flexibility index (Phi) is 5.34. The number of fused-ring (bicyclic) bond motifs is 1. The SMILES string of the molecule is C[C@@H]1COCCN1c1cc(-c2cc(S(C)(=O)=O)ccc2F)c2ccnc(-c3ccn[nH]3)c2n1. The molecule has 4 heterocycles. The molecule has 0 amide bonds. The van der Waals surface area contributed by atoms with E-state index in [1.165, 1.54) is 18.2 Å². The van der Waals surface area contributed by atoms with E-state index in [1.54, 1.807) is 24.5 Å². The number of pyridine rings is 2. The van der Waals surface area contributed by atoms with Crippen molar-refractivity contribution in [1.29, 1.82) is 0 Å². The summed E-state index contributed by atoms with van der Waals surface area (Å²) >= 11 is 0. The monoisotopic (exact) mass is 467 g/mol. The predicted octanol–water partition coefficient (Wildman–Crippen LogP) is 3.45. The van der Waals surface area contributed by atoms with Crippen molar-refractivity contribution < 1.29 is 17.5 Å². The number of aromatic nitrogens is 4. The van der Waals surface area contributed by atoms with Crippen LogP contribution in [0.5, 0.6) is 0 Å². The second-order valence-corrected chi connectivity index (χ2v) is 10.1. The number of nitrogens with zero attached hydrogens (tertiary/aromatic N) is 4. The van der Waals surface area contributed by atoms with Crippen LogP contribution in [0.4, 0.5) is 10.2 Å². The lowest BCUT2D eigenvalue weighted by Crippen LogP contribution is -2.44. The van der Waals surface area contributed by atoms with Crippen LogP contribution in [-0.2, 0) is 14.6 Å². The van der Waals surface area contributed by atoms with E-state index in [4.69, 9.17) is 9.72 Å². The standard InChI is InChI=1S/C23H22FN5O3S/c1-14-13-32-10-9-29(14)21-12-17(18-11-15(33(2,30)31)3-4-19(18)24)16-5-7-25-23(22(16)27-21)20-6-8-26-28-20/h3-8,11-12,14H,9-10,13H2,1-2H3,(H,26,28)/t14-/m1/s1. The van der Waals surface area contributed by atoms with Gasteiger partial charge in [0, 0.05) is 36.1 Å². The van der Waals surface area contributed by atoms with E-state index in [0.717, 1.165) is 6.26 Å². The number of halogens is 1. The molecular formula is C23H22FN5O3S. The van der Waals surface area contributed by atoms with Gasteiger partial charge in [-0.05, 0) is 48.9 Å². The van der Waals surface area contributed by atoms with Gasteiger partial charge in [-0.1, -0.05) is 0 Å². The van der Waals surface area contributed by atoms with Crippen molar-refractivity contribution in [2.75, 3.05) is 30.9 Å². The molecule has 0 saturated carbocycles. The Morgan fingerprint density at radius 2 is 2.00 bits per heavy atom. The van der Waals surface area contributed by atoms with Crippen molar-refractivity contribution >= 4 is 26.6 Å². The summed E-state index contributed by atoms with van der Waals surface area (Å²) in [4.78, 5) is 11.6. The summed E-state index contributed by atoms with van der Waals surface area (Å²) in [5.41, 5.74) is 2.55. The fourth-order valence-electron chi connectivity index (χ4n) is 4.10. The van der Waals surface area contributed by atoms with E-state index >= 15 is 4.39 Å². The second-order valence-electron chi connectivity index (χ2n) is 8.09. The number of H-pyrrole nitrogens is 1. The third-order valence-corrected chi connectivity index (χ3v) is 6.90. The zero-order valence-electron chi connectivity index (χ0n) is 18.1. The van der Waals surface area contributed by atoms with Crippen molar-refractivity contribution in [2.24, 2.45) is 0 Å². The number of morpholine rings is 1. The highest BCUT2D eigenvalue weighted by Crippen LogP contribution is 2.37. The van der Waals surface area contributed by atoms with E-state index in [0.29, 0.717) is 53.4 Å². The van der Waals surface area contributed by atoms with Crippen LogP contribution in [0.25, 0.3) is 33.4 Å². The van der Waals surface area contributed by atoms with Crippen molar-refractivity contribution in [3.05, 3.63) is 54.6 Å². The lowest BCUT2D eigenvalue weighted by atomic mass is 9.99. The molecule has 1 aliphatic rings. The van der Waals surface area contributed by atoms with Crippen LogP contribution in [0, 0.1) is 5.82 Å². The third kappa shape index (κ3) is 3.96. The van der Waals surface area contributed by atoms with E-state index in [2.05, 4.69) is 20.1 Å². The quantitative estimate of drug-likeness (QED) is 0.459. The first-order valence-electron chi connectivity index (χ1n) is 10.5. The zero-order valence-corrected chi connectivity index (χ0v) is 18.9. The minimum atomic E-state index is -3.52. The molecule has 1 aromatic carbocycles. The molecule has 0 aliphatic carbocycles. The highest BCUT2D eigenvalue weighted by atomic mass is 32.2. The van der Waals surface area contributed by atoms with Gasteiger partial charge in [0.05, 0.1) is 29.8 Å². The van der Waals surface area contributed by atoms with E-state index < -0.39 is 15.7 Å². The van der Waals surface area contributed by atoms with E-state index in [-0.39, 0.29) is 16.5 Å². The number of hydrogen-bond donors (Lipinski definition) is 1. The van der Waals surface area contributed by atoms with Crippen LogP contribution in [0.3, 0.4) is 0 Å². The second kappa shape index (κ2) is 8.20. The number of anilines is 1. The molecule has 8 nitrogen and oxygen atoms in total. The molecule has 1 fully saturated rings. The number of aromatic amines is 1. The van der Waals surface area contributed by atoms with Crippen LogP contribution < -0.4 is 4.90 Å². The molecule has 33 heavy (non-hydrogen) atoms. The summed E-state index contributed by atoms with van der Waals surface area (Å²) in [5.74, 6) is 0.127. The maximum Gasteiger partial charge on any atom is 0.175 e. The van der Waals surface area contributed by atoms with Gasteiger partial charge in [0.2, 0.25) is 0 Å². The Morgan fingerprint density at radius 1 is 1.15 bits per heavy atom. The topological polar surface area (TPSA) is 101 Å². The number of benzene rings is 1. The smallest absolute Gasteiger partial charge is 0.175 e. The molecule has 1 atom stereocenters. The molecule has 10 heteroatoms. The highest BCUT2D eigenvalue weighted by molar-refractivity contribution is 7.90. The fourth-order valence-corrected chi connectivity index (χ4v) is 4.75. The number of nitrogens with one attached hydrogen (secondary N) is 1. The van der Waals surface area contributed by atoms with Gasteiger partial charge in [-0.2, -0.15) is 5.10 Å². The zero-order chi connectivity index (χ0) is 23.2. The highest BCUT2D eigenvalue weighted by Gasteiger charge is 2.24. The summed E-state index contributed by atoms with van der Waals surface area (Å²) in [6.45, 7) is 3.77. The van der Waals surface area contributed by atoms with E-state index in [1.807, 2.05) is 13.0 Å². The molecule has 1 N–H and O–H groups in total. The number of ether oxygens (including phenoxy) is 1. The first kappa shape index (κ1) is 21.5. The first-order chi connectivity index (χ1) is 15.8. The van der Waals surface area contributed by atoms with Crippen LogP contribution >= 0.6 is 0 Å². The number of sulfone groups is 1. The van der Waals surface area contributed by atoms with Crippen LogP contribution in [0.2, 0.25) is 0 Å². The van der Waals surface area contributed by atoms with Crippen molar-refractivity contribution in [2.45, 2.75) is 17.9 Å². The average molecular weight is 468 g/mol. The predicted molar refractivity (Wildman–Crippen MR) is 123 cm³/mol. The van der Waals surface area contributed by atoms with E-state index in [9.17, 15) is 8.42 Å². The molecule has 0 spiro atoms. The van der Waals surface area contributed by atoms with Crippen molar-refractivity contribution in [1.82, 2.24) is 20.2 Å². The average Bonchev–Trinajstić information content (AvgIpc) is 3.33. The van der Waals surface area contributed by atoms with Crippen molar-refractivity contribution in [3.63, 3.8) is 0 Å². The molecule has 0 unspecified atom stereocenters. The number of hydrogen-bond acceptors (Lipinski definition) is 7. The van der Waals surface area contributed by atoms with Crippen molar-refractivity contribution in [3.8, 4) is 22.5 Å².